The van der Waals surface area contributed by atoms with Crippen molar-refractivity contribution in [2.24, 2.45) is 0 Å². The molecular weight excluding hydrogens is 385 g/mol. The molecular formula is C16H15BrFNO3S. The van der Waals surface area contributed by atoms with Crippen LogP contribution in [0.2, 0.25) is 0 Å². The zero-order valence-electron chi connectivity index (χ0n) is 12.4. The van der Waals surface area contributed by atoms with Crippen LogP contribution in [-0.4, -0.2) is 22.1 Å². The van der Waals surface area contributed by atoms with E-state index in [1.165, 1.54) is 25.3 Å². The lowest BCUT2D eigenvalue weighted by molar-refractivity contribution is 0.385. The molecule has 2 aromatic carbocycles. The van der Waals surface area contributed by atoms with Gasteiger partial charge in [-0.25, -0.2) is 12.8 Å². The van der Waals surface area contributed by atoms with E-state index in [1.807, 2.05) is 0 Å². The predicted octanol–water partition coefficient (Wildman–Crippen LogP) is 3.98. The van der Waals surface area contributed by atoms with Crippen molar-refractivity contribution in [1.29, 1.82) is 0 Å². The van der Waals surface area contributed by atoms with E-state index >= 15 is 0 Å². The quantitative estimate of drug-likeness (QED) is 0.690. The van der Waals surface area contributed by atoms with E-state index in [0.29, 0.717) is 5.69 Å². The van der Waals surface area contributed by atoms with Crippen LogP contribution in [0.1, 0.15) is 0 Å². The van der Waals surface area contributed by atoms with Gasteiger partial charge in [-0.15, -0.1) is 6.58 Å². The van der Waals surface area contributed by atoms with Crippen molar-refractivity contribution in [3.8, 4) is 5.75 Å². The summed E-state index contributed by atoms with van der Waals surface area (Å²) in [4.78, 5) is -0.152. The highest BCUT2D eigenvalue weighted by molar-refractivity contribution is 9.10. The molecule has 0 aliphatic rings. The lowest BCUT2D eigenvalue weighted by Crippen LogP contribution is -2.31. The molecule has 0 unspecified atom stereocenters. The molecule has 0 saturated carbocycles. The number of benzene rings is 2. The number of halogens is 2. The smallest absolute Gasteiger partial charge is 0.264 e. The lowest BCUT2D eigenvalue weighted by Gasteiger charge is -2.23. The van der Waals surface area contributed by atoms with Gasteiger partial charge in [0.05, 0.1) is 24.2 Å². The first-order valence-corrected chi connectivity index (χ1v) is 8.86. The first-order valence-electron chi connectivity index (χ1n) is 6.63. The zero-order valence-corrected chi connectivity index (χ0v) is 14.8. The SMILES string of the molecule is C=CCN(c1ccc(Br)cc1)S(=O)(=O)c1ccc(OC)c(F)c1. The number of nitrogens with zero attached hydrogens (tertiary/aromatic N) is 1. The fourth-order valence-corrected chi connectivity index (χ4v) is 3.71. The fourth-order valence-electron chi connectivity index (χ4n) is 2.00. The van der Waals surface area contributed by atoms with Crippen LogP contribution in [0.25, 0.3) is 0 Å². The molecule has 0 heterocycles. The summed E-state index contributed by atoms with van der Waals surface area (Å²) in [5, 5.41) is 0. The Kier molecular flexibility index (Phi) is 5.43. The van der Waals surface area contributed by atoms with Crippen LogP contribution in [-0.2, 0) is 10.0 Å². The molecule has 0 aliphatic carbocycles. The monoisotopic (exact) mass is 399 g/mol. The van der Waals surface area contributed by atoms with Crippen LogP contribution in [0, 0.1) is 5.82 Å². The second kappa shape index (κ2) is 7.14. The second-order valence-corrected chi connectivity index (χ2v) is 7.38. The average molecular weight is 400 g/mol. The standard InChI is InChI=1S/C16H15BrFNO3S/c1-3-10-19(13-6-4-12(17)5-7-13)23(20,21)14-8-9-16(22-2)15(18)11-14/h3-9,11H,1,10H2,2H3. The number of anilines is 1. The molecule has 0 radical (unpaired) electrons. The van der Waals surface area contributed by atoms with Crippen LogP contribution in [0.5, 0.6) is 5.75 Å². The summed E-state index contributed by atoms with van der Waals surface area (Å²) < 4.78 is 46.3. The minimum atomic E-state index is -3.93. The Bertz CT molecular complexity index is 807. The molecule has 0 saturated heterocycles. The molecule has 4 nitrogen and oxygen atoms in total. The van der Waals surface area contributed by atoms with Crippen molar-refractivity contribution < 1.29 is 17.5 Å². The highest BCUT2D eigenvalue weighted by atomic mass is 79.9. The summed E-state index contributed by atoms with van der Waals surface area (Å²) in [6, 6.07) is 10.3. The van der Waals surface area contributed by atoms with Gasteiger partial charge in [-0.1, -0.05) is 22.0 Å². The zero-order chi connectivity index (χ0) is 17.0. The van der Waals surface area contributed by atoms with Crippen molar-refractivity contribution in [3.05, 3.63) is 65.4 Å². The normalized spacial score (nSPS) is 11.1. The van der Waals surface area contributed by atoms with E-state index in [1.54, 1.807) is 24.3 Å². The molecule has 122 valence electrons. The van der Waals surface area contributed by atoms with Crippen LogP contribution < -0.4 is 9.04 Å². The maximum atomic E-state index is 13.9. The maximum absolute atomic E-state index is 13.9. The Hall–Kier alpha value is -1.86. The van der Waals surface area contributed by atoms with Gasteiger partial charge in [0.25, 0.3) is 10.0 Å². The van der Waals surface area contributed by atoms with Gasteiger partial charge in [-0.2, -0.15) is 0 Å². The molecule has 2 aromatic rings. The molecule has 0 atom stereocenters. The third-order valence-corrected chi connectivity index (χ3v) is 5.44. The molecule has 7 heteroatoms. The van der Waals surface area contributed by atoms with E-state index < -0.39 is 15.8 Å². The molecule has 0 amide bonds. The van der Waals surface area contributed by atoms with E-state index in [-0.39, 0.29) is 17.2 Å². The summed E-state index contributed by atoms with van der Waals surface area (Å²) in [5.74, 6) is -0.745. The van der Waals surface area contributed by atoms with Crippen molar-refractivity contribution in [3.63, 3.8) is 0 Å². The Labute approximate surface area is 143 Å². The highest BCUT2D eigenvalue weighted by Crippen LogP contribution is 2.27. The Balaban J connectivity index is 2.50. The Morgan fingerprint density at radius 2 is 1.91 bits per heavy atom. The predicted molar refractivity (Wildman–Crippen MR) is 91.8 cm³/mol. The minimum absolute atomic E-state index is 0.0112. The van der Waals surface area contributed by atoms with Gasteiger partial charge in [-0.3, -0.25) is 4.31 Å². The molecule has 23 heavy (non-hydrogen) atoms. The van der Waals surface area contributed by atoms with E-state index in [4.69, 9.17) is 4.74 Å². The van der Waals surface area contributed by atoms with E-state index in [0.717, 1.165) is 14.8 Å². The van der Waals surface area contributed by atoms with Crippen LogP contribution >= 0.6 is 15.9 Å². The van der Waals surface area contributed by atoms with Crippen LogP contribution in [0.15, 0.2) is 64.5 Å². The fraction of sp³-hybridized carbons (Fsp3) is 0.125. The van der Waals surface area contributed by atoms with E-state index in [2.05, 4.69) is 22.5 Å². The largest absolute Gasteiger partial charge is 0.494 e. The number of hydrogen-bond donors (Lipinski definition) is 0. The average Bonchev–Trinajstić information content (AvgIpc) is 2.53. The van der Waals surface area contributed by atoms with Gasteiger partial charge in [-0.05, 0) is 42.5 Å². The van der Waals surface area contributed by atoms with Gasteiger partial charge >= 0.3 is 0 Å². The van der Waals surface area contributed by atoms with Crippen LogP contribution in [0.3, 0.4) is 0 Å². The van der Waals surface area contributed by atoms with E-state index in [9.17, 15) is 12.8 Å². The molecule has 0 aliphatic heterocycles. The number of hydrogen-bond acceptors (Lipinski definition) is 3. The first-order chi connectivity index (χ1) is 10.9. The van der Waals surface area contributed by atoms with Gasteiger partial charge in [0, 0.05) is 4.47 Å². The van der Waals surface area contributed by atoms with Crippen molar-refractivity contribution in [2.75, 3.05) is 18.0 Å². The lowest BCUT2D eigenvalue weighted by atomic mass is 10.3. The topological polar surface area (TPSA) is 46.6 Å². The maximum Gasteiger partial charge on any atom is 0.264 e. The number of ether oxygens (including phenoxy) is 1. The molecule has 0 spiro atoms. The van der Waals surface area contributed by atoms with Crippen molar-refractivity contribution in [2.45, 2.75) is 4.90 Å². The van der Waals surface area contributed by atoms with Gasteiger partial charge in [0.2, 0.25) is 0 Å². The summed E-state index contributed by atoms with van der Waals surface area (Å²) in [6.45, 7) is 3.65. The molecule has 0 bridgehead atoms. The molecule has 0 fully saturated rings. The third-order valence-electron chi connectivity index (χ3n) is 3.12. The second-order valence-electron chi connectivity index (χ2n) is 4.60. The molecule has 2 rings (SSSR count). The van der Waals surface area contributed by atoms with Crippen molar-refractivity contribution >= 4 is 31.6 Å². The molecule has 0 aromatic heterocycles. The first kappa shape index (κ1) is 17.5. The number of methoxy groups -OCH3 is 1. The third kappa shape index (κ3) is 3.73. The van der Waals surface area contributed by atoms with Crippen molar-refractivity contribution in [1.82, 2.24) is 0 Å². The summed E-state index contributed by atoms with van der Waals surface area (Å²) in [7, 11) is -2.61. The minimum Gasteiger partial charge on any atom is -0.494 e. The van der Waals surface area contributed by atoms with Crippen LogP contribution in [0.4, 0.5) is 10.1 Å². The Morgan fingerprint density at radius 3 is 2.43 bits per heavy atom. The number of sulfonamides is 1. The summed E-state index contributed by atoms with van der Waals surface area (Å²) >= 11 is 3.30. The number of rotatable bonds is 6. The highest BCUT2D eigenvalue weighted by Gasteiger charge is 2.25. The summed E-state index contributed by atoms with van der Waals surface area (Å²) in [5.41, 5.74) is 0.462. The van der Waals surface area contributed by atoms with Gasteiger partial charge in [0.1, 0.15) is 0 Å². The van der Waals surface area contributed by atoms with Gasteiger partial charge < -0.3 is 4.74 Å². The summed E-state index contributed by atoms with van der Waals surface area (Å²) in [6.07, 6.45) is 1.47. The Morgan fingerprint density at radius 1 is 1.26 bits per heavy atom. The van der Waals surface area contributed by atoms with Gasteiger partial charge in [0.15, 0.2) is 11.6 Å². The molecule has 0 N–H and O–H groups in total.